The lowest BCUT2D eigenvalue weighted by molar-refractivity contribution is 0.372. The van der Waals surface area contributed by atoms with Crippen LogP contribution in [0, 0.1) is 23.3 Å². The van der Waals surface area contributed by atoms with Gasteiger partial charge in [0, 0.05) is 16.7 Å². The fourth-order valence-corrected chi connectivity index (χ4v) is 3.87. The van der Waals surface area contributed by atoms with Crippen molar-refractivity contribution in [3.63, 3.8) is 0 Å². The van der Waals surface area contributed by atoms with E-state index in [-0.39, 0.29) is 22.7 Å². The molecule has 0 radical (unpaired) electrons. The molecule has 1 aliphatic carbocycles. The van der Waals surface area contributed by atoms with Crippen LogP contribution in [0.2, 0.25) is 0 Å². The van der Waals surface area contributed by atoms with Gasteiger partial charge in [-0.25, -0.2) is 13.2 Å². The number of methoxy groups -OCH3 is 1. The highest BCUT2D eigenvalue weighted by molar-refractivity contribution is 5.85. The predicted molar refractivity (Wildman–Crippen MR) is 110 cm³/mol. The second kappa shape index (κ2) is 7.98. The summed E-state index contributed by atoms with van der Waals surface area (Å²) >= 11 is 0. The van der Waals surface area contributed by atoms with Crippen LogP contribution in [0.4, 0.5) is 17.6 Å². The first kappa shape index (κ1) is 20.2. The molecular formula is C25H20F4O. The molecule has 4 rings (SSSR count). The number of rotatable bonds is 4. The van der Waals surface area contributed by atoms with Gasteiger partial charge in [-0.15, -0.1) is 0 Å². The van der Waals surface area contributed by atoms with Gasteiger partial charge in [-0.2, -0.15) is 4.39 Å². The van der Waals surface area contributed by atoms with E-state index in [0.717, 1.165) is 23.1 Å². The van der Waals surface area contributed by atoms with Crippen molar-refractivity contribution in [2.75, 3.05) is 7.11 Å². The van der Waals surface area contributed by atoms with E-state index in [0.29, 0.717) is 24.0 Å². The summed E-state index contributed by atoms with van der Waals surface area (Å²) in [4.78, 5) is 0. The zero-order valence-electron chi connectivity index (χ0n) is 16.7. The Bertz CT molecular complexity index is 1160. The Morgan fingerprint density at radius 2 is 1.53 bits per heavy atom. The summed E-state index contributed by atoms with van der Waals surface area (Å²) in [6.07, 6.45) is 3.62. The SMILES string of the molecule is CCc1ccc(C2=Cc3cc(F)c(-c4ccc(OC)c(F)c4F)cc3CC2)c(F)c1. The van der Waals surface area contributed by atoms with E-state index in [1.54, 1.807) is 18.2 Å². The quantitative estimate of drug-likeness (QED) is 0.421. The van der Waals surface area contributed by atoms with E-state index >= 15 is 0 Å². The van der Waals surface area contributed by atoms with E-state index in [9.17, 15) is 17.6 Å². The lowest BCUT2D eigenvalue weighted by Gasteiger charge is -2.19. The molecule has 0 heterocycles. The third kappa shape index (κ3) is 3.49. The molecule has 3 aromatic rings. The molecule has 0 amide bonds. The predicted octanol–water partition coefficient (Wildman–Crippen LogP) is 6.97. The van der Waals surface area contributed by atoms with Crippen LogP contribution < -0.4 is 4.74 Å². The number of hydrogen-bond donors (Lipinski definition) is 0. The van der Waals surface area contributed by atoms with Crippen molar-refractivity contribution in [1.82, 2.24) is 0 Å². The molecule has 3 aromatic carbocycles. The van der Waals surface area contributed by atoms with Crippen LogP contribution in [0.1, 0.15) is 35.6 Å². The molecule has 0 spiro atoms. The Morgan fingerprint density at radius 1 is 0.800 bits per heavy atom. The zero-order chi connectivity index (χ0) is 21.4. The van der Waals surface area contributed by atoms with Gasteiger partial charge in [-0.3, -0.25) is 0 Å². The summed E-state index contributed by atoms with van der Waals surface area (Å²) in [5, 5.41) is 0. The van der Waals surface area contributed by atoms with Crippen LogP contribution in [0.3, 0.4) is 0 Å². The molecule has 0 aliphatic heterocycles. The lowest BCUT2D eigenvalue weighted by atomic mass is 9.86. The van der Waals surface area contributed by atoms with Gasteiger partial charge >= 0.3 is 0 Å². The average molecular weight is 412 g/mol. The Kier molecular flexibility index (Phi) is 5.37. The Balaban J connectivity index is 1.75. The largest absolute Gasteiger partial charge is 0.494 e. The van der Waals surface area contributed by atoms with Crippen LogP contribution in [0.15, 0.2) is 42.5 Å². The molecule has 0 aromatic heterocycles. The van der Waals surface area contributed by atoms with Gasteiger partial charge in [0.1, 0.15) is 11.6 Å². The minimum absolute atomic E-state index is 0.0110. The molecule has 0 fully saturated rings. The summed E-state index contributed by atoms with van der Waals surface area (Å²) in [5.74, 6) is -3.51. The van der Waals surface area contributed by atoms with Gasteiger partial charge in [0.15, 0.2) is 11.6 Å². The molecule has 154 valence electrons. The molecule has 0 bridgehead atoms. The number of ether oxygens (including phenoxy) is 1. The van der Waals surface area contributed by atoms with Gasteiger partial charge in [0.25, 0.3) is 0 Å². The highest BCUT2D eigenvalue weighted by atomic mass is 19.2. The Labute approximate surface area is 172 Å². The van der Waals surface area contributed by atoms with Crippen molar-refractivity contribution in [1.29, 1.82) is 0 Å². The van der Waals surface area contributed by atoms with Gasteiger partial charge < -0.3 is 4.74 Å². The Morgan fingerprint density at radius 3 is 2.23 bits per heavy atom. The molecular weight excluding hydrogens is 392 g/mol. The lowest BCUT2D eigenvalue weighted by Crippen LogP contribution is -2.04. The molecule has 0 N–H and O–H groups in total. The molecule has 0 saturated carbocycles. The molecule has 0 unspecified atom stereocenters. The monoisotopic (exact) mass is 412 g/mol. The summed E-state index contributed by atoms with van der Waals surface area (Å²) < 4.78 is 62.7. The summed E-state index contributed by atoms with van der Waals surface area (Å²) in [6, 6.07) is 10.6. The Hall–Kier alpha value is -3.08. The van der Waals surface area contributed by atoms with Crippen molar-refractivity contribution in [2.45, 2.75) is 26.2 Å². The van der Waals surface area contributed by atoms with Crippen LogP contribution in [-0.2, 0) is 12.8 Å². The van der Waals surface area contributed by atoms with Gasteiger partial charge in [-0.05, 0) is 71.9 Å². The van der Waals surface area contributed by atoms with E-state index < -0.39 is 17.5 Å². The van der Waals surface area contributed by atoms with Crippen molar-refractivity contribution < 1.29 is 22.3 Å². The third-order valence-electron chi connectivity index (χ3n) is 5.57. The van der Waals surface area contributed by atoms with Gasteiger partial charge in [-0.1, -0.05) is 25.1 Å². The van der Waals surface area contributed by atoms with E-state index in [1.165, 1.54) is 31.4 Å². The first-order valence-electron chi connectivity index (χ1n) is 9.77. The summed E-state index contributed by atoms with van der Waals surface area (Å²) in [6.45, 7) is 1.96. The van der Waals surface area contributed by atoms with Crippen LogP contribution >= 0.6 is 0 Å². The van der Waals surface area contributed by atoms with Crippen LogP contribution in [0.25, 0.3) is 22.8 Å². The van der Waals surface area contributed by atoms with Crippen molar-refractivity contribution in [2.24, 2.45) is 0 Å². The normalized spacial score (nSPS) is 13.1. The van der Waals surface area contributed by atoms with Crippen molar-refractivity contribution >= 4 is 11.6 Å². The van der Waals surface area contributed by atoms with Crippen molar-refractivity contribution in [3.05, 3.63) is 88.0 Å². The number of benzene rings is 3. The highest BCUT2D eigenvalue weighted by Crippen LogP contribution is 2.37. The number of allylic oxidation sites excluding steroid dienone is 1. The topological polar surface area (TPSA) is 9.23 Å². The minimum atomic E-state index is -1.15. The zero-order valence-corrected chi connectivity index (χ0v) is 16.7. The highest BCUT2D eigenvalue weighted by Gasteiger charge is 2.21. The maximum Gasteiger partial charge on any atom is 0.201 e. The van der Waals surface area contributed by atoms with Crippen molar-refractivity contribution in [3.8, 4) is 16.9 Å². The van der Waals surface area contributed by atoms with Crippen LogP contribution in [0.5, 0.6) is 5.75 Å². The maximum absolute atomic E-state index is 14.8. The molecule has 1 nitrogen and oxygen atoms in total. The molecule has 0 atom stereocenters. The van der Waals surface area contributed by atoms with E-state index in [2.05, 4.69) is 0 Å². The van der Waals surface area contributed by atoms with Gasteiger partial charge in [0.05, 0.1) is 7.11 Å². The summed E-state index contributed by atoms with van der Waals surface area (Å²) in [7, 11) is 1.24. The number of halogens is 4. The number of aryl methyl sites for hydroxylation is 2. The molecule has 0 saturated heterocycles. The second-order valence-corrected chi connectivity index (χ2v) is 7.31. The number of hydrogen-bond acceptors (Lipinski definition) is 1. The molecule has 30 heavy (non-hydrogen) atoms. The van der Waals surface area contributed by atoms with E-state index in [4.69, 9.17) is 4.74 Å². The summed E-state index contributed by atoms with van der Waals surface area (Å²) in [5.41, 5.74) is 3.45. The fourth-order valence-electron chi connectivity index (χ4n) is 3.87. The maximum atomic E-state index is 14.8. The van der Waals surface area contributed by atoms with E-state index in [1.807, 2.05) is 13.0 Å². The first-order valence-corrected chi connectivity index (χ1v) is 9.77. The van der Waals surface area contributed by atoms with Gasteiger partial charge in [0.2, 0.25) is 5.82 Å². The first-order chi connectivity index (χ1) is 14.4. The second-order valence-electron chi connectivity index (χ2n) is 7.31. The fraction of sp³-hybridized carbons (Fsp3) is 0.200. The number of fused-ring (bicyclic) bond motifs is 1. The molecule has 1 aliphatic rings. The minimum Gasteiger partial charge on any atom is -0.494 e. The third-order valence-corrected chi connectivity index (χ3v) is 5.57. The average Bonchev–Trinajstić information content (AvgIpc) is 2.75. The smallest absolute Gasteiger partial charge is 0.201 e. The molecule has 5 heteroatoms. The standard InChI is InChI=1S/C25H20F4O/c1-3-14-4-7-18(21(26)10-14)16-6-5-15-12-20(22(27)13-17(15)11-16)19-8-9-23(30-2)25(29)24(19)28/h4,7-13H,3,5-6H2,1-2H3. The van der Waals surface area contributed by atoms with Crippen LogP contribution in [-0.4, -0.2) is 7.11 Å².